The summed E-state index contributed by atoms with van der Waals surface area (Å²) in [5.74, 6) is -0.304. The molecular weight excluding hydrogens is 348 g/mol. The Bertz CT molecular complexity index is 629. The number of esters is 1. The number of ether oxygens (including phenoxy) is 2. The van der Waals surface area contributed by atoms with E-state index in [9.17, 15) is 14.4 Å². The molecule has 1 saturated carbocycles. The zero-order valence-electron chi connectivity index (χ0n) is 18.0. The van der Waals surface area contributed by atoms with Crippen LogP contribution in [0.4, 0.5) is 4.79 Å². The summed E-state index contributed by atoms with van der Waals surface area (Å²) in [6, 6.07) is -1.41. The van der Waals surface area contributed by atoms with E-state index in [0.29, 0.717) is 6.54 Å². The SMILES string of the molecule is COC(=O)[C@H]1[C@H]2[C@@H](CN1C(=O)[C@@H](NC(=O)OC(C)(C)C)C(C)(C)C)C2(C)C. The largest absolute Gasteiger partial charge is 0.467 e. The first-order chi connectivity index (χ1) is 12.1. The lowest BCUT2D eigenvalue weighted by atomic mass is 9.85. The molecule has 1 aliphatic heterocycles. The second-order valence-corrected chi connectivity index (χ2v) is 10.4. The molecule has 154 valence electrons. The van der Waals surface area contributed by atoms with Gasteiger partial charge in [-0.25, -0.2) is 9.59 Å². The molecule has 1 aliphatic carbocycles. The standard InChI is InChI=1S/C20H34N2O5/c1-18(2,3)14(21-17(25)27-19(4,5)6)15(23)22-10-11-12(20(11,7)8)13(22)16(24)26-9/h11-14H,10H2,1-9H3,(H,21,25)/t11-,12-,13-,14-/m1/s1. The number of nitrogens with zero attached hydrogens (tertiary/aromatic N) is 1. The van der Waals surface area contributed by atoms with Gasteiger partial charge in [-0.3, -0.25) is 4.79 Å². The molecule has 2 amide bonds. The van der Waals surface area contributed by atoms with Crippen molar-refractivity contribution >= 4 is 18.0 Å². The monoisotopic (exact) mass is 382 g/mol. The average molecular weight is 383 g/mol. The number of carbonyl (C=O) groups is 3. The fourth-order valence-electron chi connectivity index (χ4n) is 4.14. The number of nitrogens with one attached hydrogen (secondary N) is 1. The van der Waals surface area contributed by atoms with Crippen molar-refractivity contribution in [3.63, 3.8) is 0 Å². The molecule has 0 spiro atoms. The summed E-state index contributed by atoms with van der Waals surface area (Å²) in [4.78, 5) is 39.6. The Labute approximate surface area is 162 Å². The highest BCUT2D eigenvalue weighted by Gasteiger charge is 2.70. The third kappa shape index (κ3) is 4.22. The third-order valence-corrected chi connectivity index (χ3v) is 5.71. The van der Waals surface area contributed by atoms with E-state index < -0.39 is 35.2 Å². The van der Waals surface area contributed by atoms with Crippen LogP contribution in [-0.4, -0.2) is 54.2 Å². The molecule has 0 aromatic rings. The number of likely N-dealkylation sites (tertiary alicyclic amines) is 1. The molecule has 1 heterocycles. The molecule has 0 bridgehead atoms. The molecule has 0 aromatic heterocycles. The number of rotatable bonds is 3. The molecule has 27 heavy (non-hydrogen) atoms. The van der Waals surface area contributed by atoms with Crippen molar-refractivity contribution in [2.75, 3.05) is 13.7 Å². The normalized spacial score (nSPS) is 27.4. The van der Waals surface area contributed by atoms with E-state index >= 15 is 0 Å². The lowest BCUT2D eigenvalue weighted by molar-refractivity contribution is -0.154. The molecule has 1 saturated heterocycles. The maximum Gasteiger partial charge on any atom is 0.408 e. The van der Waals surface area contributed by atoms with Gasteiger partial charge in [0.1, 0.15) is 17.7 Å². The second kappa shape index (κ2) is 6.67. The van der Waals surface area contributed by atoms with Crippen LogP contribution in [0.2, 0.25) is 0 Å². The molecule has 0 aromatic carbocycles. The maximum atomic E-state index is 13.3. The quantitative estimate of drug-likeness (QED) is 0.759. The Balaban J connectivity index is 2.23. The van der Waals surface area contributed by atoms with Gasteiger partial charge >= 0.3 is 12.1 Å². The van der Waals surface area contributed by atoms with E-state index in [1.807, 2.05) is 20.8 Å². The van der Waals surface area contributed by atoms with Gasteiger partial charge in [-0.05, 0) is 37.5 Å². The van der Waals surface area contributed by atoms with E-state index in [4.69, 9.17) is 9.47 Å². The lowest BCUT2D eigenvalue weighted by Crippen LogP contribution is -2.58. The fourth-order valence-corrected chi connectivity index (χ4v) is 4.14. The van der Waals surface area contributed by atoms with Crippen molar-refractivity contribution in [3.05, 3.63) is 0 Å². The summed E-state index contributed by atoms with van der Waals surface area (Å²) < 4.78 is 10.3. The van der Waals surface area contributed by atoms with Crippen LogP contribution in [0.15, 0.2) is 0 Å². The molecule has 0 unspecified atom stereocenters. The summed E-state index contributed by atoms with van der Waals surface area (Å²) in [6.45, 7) is 15.7. The number of fused-ring (bicyclic) bond motifs is 1. The van der Waals surface area contributed by atoms with Crippen molar-refractivity contribution < 1.29 is 23.9 Å². The van der Waals surface area contributed by atoms with Gasteiger partial charge in [0.2, 0.25) is 5.91 Å². The highest BCUT2D eigenvalue weighted by Crippen LogP contribution is 2.65. The van der Waals surface area contributed by atoms with E-state index in [0.717, 1.165) is 0 Å². The van der Waals surface area contributed by atoms with Gasteiger partial charge in [0, 0.05) is 12.5 Å². The molecular formula is C20H34N2O5. The average Bonchev–Trinajstić information content (AvgIpc) is 2.85. The van der Waals surface area contributed by atoms with Gasteiger partial charge in [0.05, 0.1) is 7.11 Å². The van der Waals surface area contributed by atoms with Crippen LogP contribution in [0.25, 0.3) is 0 Å². The molecule has 2 aliphatic rings. The van der Waals surface area contributed by atoms with E-state index in [2.05, 4.69) is 19.2 Å². The molecule has 7 heteroatoms. The smallest absolute Gasteiger partial charge is 0.408 e. The van der Waals surface area contributed by atoms with Gasteiger partial charge in [0.15, 0.2) is 0 Å². The first-order valence-corrected chi connectivity index (χ1v) is 9.49. The third-order valence-electron chi connectivity index (χ3n) is 5.71. The van der Waals surface area contributed by atoms with Gasteiger partial charge < -0.3 is 19.7 Å². The molecule has 7 nitrogen and oxygen atoms in total. The minimum Gasteiger partial charge on any atom is -0.467 e. The zero-order chi connectivity index (χ0) is 20.9. The predicted octanol–water partition coefficient (Wildman–Crippen LogP) is 2.58. The van der Waals surface area contributed by atoms with Gasteiger partial charge in [0.25, 0.3) is 0 Å². The molecule has 2 fully saturated rings. The topological polar surface area (TPSA) is 84.9 Å². The van der Waals surface area contributed by atoms with Crippen LogP contribution in [0.3, 0.4) is 0 Å². The number of methoxy groups -OCH3 is 1. The Morgan fingerprint density at radius 2 is 1.67 bits per heavy atom. The van der Waals surface area contributed by atoms with Crippen molar-refractivity contribution in [2.45, 2.75) is 73.1 Å². The van der Waals surface area contributed by atoms with E-state index in [-0.39, 0.29) is 23.2 Å². The first-order valence-electron chi connectivity index (χ1n) is 9.49. The number of hydrogen-bond acceptors (Lipinski definition) is 5. The second-order valence-electron chi connectivity index (χ2n) is 10.4. The van der Waals surface area contributed by atoms with Crippen LogP contribution in [0, 0.1) is 22.7 Å². The van der Waals surface area contributed by atoms with Crippen LogP contribution < -0.4 is 5.32 Å². The van der Waals surface area contributed by atoms with Crippen LogP contribution >= 0.6 is 0 Å². The van der Waals surface area contributed by atoms with Crippen LogP contribution in [0.1, 0.15) is 55.4 Å². The zero-order valence-corrected chi connectivity index (χ0v) is 18.0. The number of amides is 2. The van der Waals surface area contributed by atoms with Crippen LogP contribution in [0.5, 0.6) is 0 Å². The summed E-state index contributed by atoms with van der Waals surface area (Å²) in [7, 11) is 1.34. The van der Waals surface area contributed by atoms with Crippen molar-refractivity contribution in [2.24, 2.45) is 22.7 Å². The minimum absolute atomic E-state index is 0.0193. The van der Waals surface area contributed by atoms with Crippen molar-refractivity contribution in [1.82, 2.24) is 10.2 Å². The predicted molar refractivity (Wildman–Crippen MR) is 101 cm³/mol. The highest BCUT2D eigenvalue weighted by atomic mass is 16.6. The summed E-state index contributed by atoms with van der Waals surface area (Å²) >= 11 is 0. The van der Waals surface area contributed by atoms with E-state index in [1.165, 1.54) is 7.11 Å². The minimum atomic E-state index is -0.805. The van der Waals surface area contributed by atoms with Gasteiger partial charge in [-0.15, -0.1) is 0 Å². The molecule has 4 atom stereocenters. The summed E-state index contributed by atoms with van der Waals surface area (Å²) in [5, 5.41) is 2.71. The molecule has 1 N–H and O–H groups in total. The van der Waals surface area contributed by atoms with Crippen molar-refractivity contribution in [1.29, 1.82) is 0 Å². The number of hydrogen-bond donors (Lipinski definition) is 1. The van der Waals surface area contributed by atoms with Gasteiger partial charge in [-0.1, -0.05) is 34.6 Å². The van der Waals surface area contributed by atoms with E-state index in [1.54, 1.807) is 25.7 Å². The Morgan fingerprint density at radius 1 is 1.11 bits per heavy atom. The van der Waals surface area contributed by atoms with Gasteiger partial charge in [-0.2, -0.15) is 0 Å². The number of piperidine rings is 1. The Kier molecular flexibility index (Phi) is 5.32. The fraction of sp³-hybridized carbons (Fsp3) is 0.850. The number of alkyl carbamates (subject to hydrolysis) is 1. The summed E-state index contributed by atoms with van der Waals surface area (Å²) in [5.41, 5.74) is -1.19. The van der Waals surface area contributed by atoms with Crippen LogP contribution in [-0.2, 0) is 19.1 Å². The number of carbonyl (C=O) groups excluding carboxylic acids is 3. The first kappa shape index (κ1) is 21.5. The Hall–Kier alpha value is -1.79. The van der Waals surface area contributed by atoms with Crippen molar-refractivity contribution in [3.8, 4) is 0 Å². The molecule has 2 rings (SSSR count). The molecule has 0 radical (unpaired) electrons. The summed E-state index contributed by atoms with van der Waals surface area (Å²) in [6.07, 6.45) is -0.643. The lowest BCUT2D eigenvalue weighted by Gasteiger charge is -2.37. The Morgan fingerprint density at radius 3 is 2.11 bits per heavy atom. The maximum absolute atomic E-state index is 13.3. The highest BCUT2D eigenvalue weighted by molar-refractivity contribution is 5.91.